The maximum absolute atomic E-state index is 12.3. The molecule has 0 atom stereocenters. The van der Waals surface area contributed by atoms with Gasteiger partial charge in [0.25, 0.3) is 5.56 Å². The van der Waals surface area contributed by atoms with Gasteiger partial charge in [-0.3, -0.25) is 9.78 Å². The smallest absolute Gasteiger partial charge is 0.270 e. The van der Waals surface area contributed by atoms with Crippen LogP contribution in [-0.2, 0) is 0 Å². The van der Waals surface area contributed by atoms with Gasteiger partial charge in [0.2, 0.25) is 5.95 Å². The number of hydrazone groups is 1. The summed E-state index contributed by atoms with van der Waals surface area (Å²) in [7, 11) is 0. The average Bonchev–Trinajstić information content (AvgIpc) is 2.74. The van der Waals surface area contributed by atoms with E-state index in [1.54, 1.807) is 18.3 Å². The summed E-state index contributed by atoms with van der Waals surface area (Å²) in [4.78, 5) is 19.2. The number of hydrogen-bond acceptors (Lipinski definition) is 7. The first-order chi connectivity index (χ1) is 14.2. The van der Waals surface area contributed by atoms with Gasteiger partial charge in [0.1, 0.15) is 24.8 Å². The molecule has 8 nitrogen and oxygen atoms in total. The summed E-state index contributed by atoms with van der Waals surface area (Å²) < 4.78 is 11.2. The maximum atomic E-state index is 12.3. The largest absolute Gasteiger partial charge is 0.486 e. The lowest BCUT2D eigenvalue weighted by Crippen LogP contribution is -2.16. The summed E-state index contributed by atoms with van der Waals surface area (Å²) in [6.45, 7) is 2.97. The Morgan fingerprint density at radius 1 is 1.21 bits per heavy atom. The topological polar surface area (TPSA) is 112 Å². The van der Waals surface area contributed by atoms with Crippen molar-refractivity contribution in [3.05, 3.63) is 69.5 Å². The second-order valence-electron chi connectivity index (χ2n) is 6.34. The Hall–Kier alpha value is -4.12. The van der Waals surface area contributed by atoms with Crippen LogP contribution in [0.25, 0.3) is 11.3 Å². The maximum Gasteiger partial charge on any atom is 0.270 e. The third-order valence-electron chi connectivity index (χ3n) is 4.38. The molecule has 144 valence electrons. The van der Waals surface area contributed by atoms with Crippen molar-refractivity contribution in [2.24, 2.45) is 5.10 Å². The molecule has 0 unspecified atom stereocenters. The molecule has 1 aromatic heterocycles. The summed E-state index contributed by atoms with van der Waals surface area (Å²) >= 11 is 0. The summed E-state index contributed by atoms with van der Waals surface area (Å²) in [5.74, 6) is 1.52. The number of hydrogen-bond donors (Lipinski definition) is 2. The number of nitrogens with one attached hydrogen (secondary N) is 2. The third kappa shape index (κ3) is 3.80. The van der Waals surface area contributed by atoms with E-state index in [9.17, 15) is 10.1 Å². The van der Waals surface area contributed by atoms with Crippen molar-refractivity contribution in [1.29, 1.82) is 5.26 Å². The SMILES string of the molecule is Cc1cc2c(cc1C=NNc1nc(-c3ccccc3)c(C#N)c(=O)[nH]1)OCCO2. The van der Waals surface area contributed by atoms with Gasteiger partial charge in [-0.05, 0) is 24.6 Å². The number of anilines is 1. The lowest BCUT2D eigenvalue weighted by Gasteiger charge is -2.19. The van der Waals surface area contributed by atoms with Crippen LogP contribution in [0.2, 0.25) is 0 Å². The Labute approximate surface area is 166 Å². The molecule has 2 aromatic carbocycles. The van der Waals surface area contributed by atoms with Gasteiger partial charge in [-0.25, -0.2) is 10.4 Å². The third-order valence-corrected chi connectivity index (χ3v) is 4.38. The minimum atomic E-state index is -0.533. The molecule has 0 fully saturated rings. The van der Waals surface area contributed by atoms with E-state index in [-0.39, 0.29) is 11.5 Å². The standard InChI is InChI=1S/C21H17N5O3/c1-13-9-17-18(29-8-7-28-17)10-15(13)12-23-26-21-24-19(14-5-3-2-4-6-14)16(11-22)20(27)25-21/h2-6,9-10,12H,7-8H2,1H3,(H2,24,25,26,27). The Morgan fingerprint density at radius 2 is 1.93 bits per heavy atom. The normalized spacial score (nSPS) is 12.6. The lowest BCUT2D eigenvalue weighted by atomic mass is 10.1. The molecule has 4 rings (SSSR count). The molecule has 3 aromatic rings. The summed E-state index contributed by atoms with van der Waals surface area (Å²) in [6.07, 6.45) is 1.61. The van der Waals surface area contributed by atoms with Crippen LogP contribution in [0.15, 0.2) is 52.4 Å². The Morgan fingerprint density at radius 3 is 2.66 bits per heavy atom. The van der Waals surface area contributed by atoms with Crippen LogP contribution < -0.4 is 20.5 Å². The molecule has 0 bridgehead atoms. The number of benzene rings is 2. The van der Waals surface area contributed by atoms with E-state index < -0.39 is 5.56 Å². The monoisotopic (exact) mass is 387 g/mol. The van der Waals surface area contributed by atoms with E-state index in [0.29, 0.717) is 36.0 Å². The molecule has 8 heteroatoms. The second kappa shape index (κ2) is 7.86. The quantitative estimate of drug-likeness (QED) is 0.526. The van der Waals surface area contributed by atoms with Crippen molar-refractivity contribution in [2.75, 3.05) is 18.6 Å². The molecule has 0 spiro atoms. The van der Waals surface area contributed by atoms with Crippen molar-refractivity contribution >= 4 is 12.2 Å². The molecule has 0 saturated heterocycles. The number of fused-ring (bicyclic) bond motifs is 1. The van der Waals surface area contributed by atoms with Crippen molar-refractivity contribution in [3.8, 4) is 28.8 Å². The fourth-order valence-electron chi connectivity index (χ4n) is 2.94. The van der Waals surface area contributed by atoms with E-state index in [1.807, 2.05) is 43.3 Å². The predicted octanol–water partition coefficient (Wildman–Crippen LogP) is 2.83. The number of rotatable bonds is 4. The first-order valence-corrected chi connectivity index (χ1v) is 8.95. The minimum absolute atomic E-state index is 0.0478. The highest BCUT2D eigenvalue weighted by atomic mass is 16.6. The molecular weight excluding hydrogens is 370 g/mol. The zero-order valence-corrected chi connectivity index (χ0v) is 15.6. The van der Waals surface area contributed by atoms with Gasteiger partial charge >= 0.3 is 0 Å². The van der Waals surface area contributed by atoms with Gasteiger partial charge in [-0.2, -0.15) is 10.4 Å². The van der Waals surface area contributed by atoms with Gasteiger partial charge in [0, 0.05) is 11.1 Å². The number of nitriles is 1. The average molecular weight is 387 g/mol. The number of ether oxygens (including phenoxy) is 2. The zero-order valence-electron chi connectivity index (χ0n) is 15.6. The molecule has 2 N–H and O–H groups in total. The van der Waals surface area contributed by atoms with E-state index in [4.69, 9.17) is 9.47 Å². The van der Waals surface area contributed by atoms with Crippen LogP contribution in [0, 0.1) is 18.3 Å². The Kier molecular flexibility index (Phi) is 4.95. The molecule has 1 aliphatic rings. The van der Waals surface area contributed by atoms with Crippen molar-refractivity contribution in [1.82, 2.24) is 9.97 Å². The number of aromatic amines is 1. The first-order valence-electron chi connectivity index (χ1n) is 8.95. The van der Waals surface area contributed by atoms with Crippen molar-refractivity contribution in [2.45, 2.75) is 6.92 Å². The molecule has 1 aliphatic heterocycles. The fraction of sp³-hybridized carbons (Fsp3) is 0.143. The molecule has 29 heavy (non-hydrogen) atoms. The Bertz CT molecular complexity index is 1180. The molecule has 0 radical (unpaired) electrons. The van der Waals surface area contributed by atoms with Gasteiger partial charge in [-0.15, -0.1) is 0 Å². The fourth-order valence-corrected chi connectivity index (χ4v) is 2.94. The molecule has 0 aliphatic carbocycles. The zero-order chi connectivity index (χ0) is 20.2. The van der Waals surface area contributed by atoms with E-state index >= 15 is 0 Å². The highest BCUT2D eigenvalue weighted by Crippen LogP contribution is 2.32. The van der Waals surface area contributed by atoms with E-state index in [2.05, 4.69) is 20.5 Å². The van der Waals surface area contributed by atoms with Crippen LogP contribution in [0.4, 0.5) is 5.95 Å². The van der Waals surface area contributed by atoms with Gasteiger partial charge in [0.05, 0.1) is 11.9 Å². The van der Waals surface area contributed by atoms with Crippen LogP contribution in [0.1, 0.15) is 16.7 Å². The number of nitrogens with zero attached hydrogens (tertiary/aromatic N) is 3. The summed E-state index contributed by atoms with van der Waals surface area (Å²) in [6, 6.07) is 14.7. The summed E-state index contributed by atoms with van der Waals surface area (Å²) in [5, 5.41) is 13.5. The van der Waals surface area contributed by atoms with E-state index in [1.165, 1.54) is 0 Å². The first kappa shape index (κ1) is 18.3. The van der Waals surface area contributed by atoms with Gasteiger partial charge in [0.15, 0.2) is 11.5 Å². The minimum Gasteiger partial charge on any atom is -0.486 e. The molecular formula is C21H17N5O3. The van der Waals surface area contributed by atoms with Crippen LogP contribution in [-0.4, -0.2) is 29.4 Å². The van der Waals surface area contributed by atoms with Gasteiger partial charge < -0.3 is 9.47 Å². The highest BCUT2D eigenvalue weighted by molar-refractivity contribution is 5.83. The van der Waals surface area contributed by atoms with Crippen LogP contribution in [0.5, 0.6) is 11.5 Å². The molecule has 2 heterocycles. The number of aromatic nitrogens is 2. The van der Waals surface area contributed by atoms with Crippen molar-refractivity contribution < 1.29 is 9.47 Å². The van der Waals surface area contributed by atoms with Crippen LogP contribution >= 0.6 is 0 Å². The van der Waals surface area contributed by atoms with Crippen molar-refractivity contribution in [3.63, 3.8) is 0 Å². The van der Waals surface area contributed by atoms with E-state index in [0.717, 1.165) is 11.1 Å². The Balaban J connectivity index is 1.62. The highest BCUT2D eigenvalue weighted by Gasteiger charge is 2.14. The number of H-pyrrole nitrogens is 1. The van der Waals surface area contributed by atoms with Crippen LogP contribution in [0.3, 0.4) is 0 Å². The summed E-state index contributed by atoms with van der Waals surface area (Å²) in [5.41, 5.74) is 4.91. The lowest BCUT2D eigenvalue weighted by molar-refractivity contribution is 0.171. The predicted molar refractivity (Wildman–Crippen MR) is 108 cm³/mol. The molecule has 0 amide bonds. The van der Waals surface area contributed by atoms with Gasteiger partial charge in [-0.1, -0.05) is 30.3 Å². The second-order valence-corrected chi connectivity index (χ2v) is 6.34. The molecule has 0 saturated carbocycles. The number of aryl methyl sites for hydroxylation is 1.